The van der Waals surface area contributed by atoms with E-state index in [0.29, 0.717) is 56.6 Å². The van der Waals surface area contributed by atoms with Crippen LogP contribution in [-0.4, -0.2) is 24.3 Å². The van der Waals surface area contributed by atoms with Crippen molar-refractivity contribution in [1.29, 1.82) is 0 Å². The van der Waals surface area contributed by atoms with Gasteiger partial charge in [0.25, 0.3) is 5.56 Å². The number of fused-ring (bicyclic) bond motifs is 1. The Bertz CT molecular complexity index is 1910. The Morgan fingerprint density at radius 3 is 2.50 bits per heavy atom. The number of halogens is 1. The summed E-state index contributed by atoms with van der Waals surface area (Å²) < 4.78 is 19.5. The summed E-state index contributed by atoms with van der Waals surface area (Å²) in [6, 6.07) is 20.2. The molecule has 4 aromatic rings. The summed E-state index contributed by atoms with van der Waals surface area (Å²) in [5.74, 6) is 0.655. The minimum atomic E-state index is -0.659. The fourth-order valence-corrected chi connectivity index (χ4v) is 6.44. The van der Waals surface area contributed by atoms with Gasteiger partial charge in [-0.15, -0.1) is 6.58 Å². The predicted octanol–water partition coefficient (Wildman–Crippen LogP) is 6.16. The minimum Gasteiger partial charge on any atom is -0.490 e. The molecule has 0 radical (unpaired) electrons. The molecule has 0 saturated carbocycles. The van der Waals surface area contributed by atoms with E-state index < -0.39 is 12.0 Å². The Morgan fingerprint density at radius 1 is 1.07 bits per heavy atom. The molecule has 44 heavy (non-hydrogen) atoms. The van der Waals surface area contributed by atoms with Gasteiger partial charge in [0.05, 0.1) is 35.6 Å². The lowest BCUT2D eigenvalue weighted by molar-refractivity contribution is -0.136. The summed E-state index contributed by atoms with van der Waals surface area (Å²) in [6.07, 6.45) is 4.66. The van der Waals surface area contributed by atoms with Crippen LogP contribution in [0, 0.1) is 0 Å². The summed E-state index contributed by atoms with van der Waals surface area (Å²) in [7, 11) is 1.34. The third kappa shape index (κ3) is 6.27. The summed E-state index contributed by atoms with van der Waals surface area (Å²) in [5.41, 5.74) is 4.00. The zero-order valence-corrected chi connectivity index (χ0v) is 26.4. The average Bonchev–Trinajstić information content (AvgIpc) is 3.34. The Morgan fingerprint density at radius 2 is 1.82 bits per heavy atom. The van der Waals surface area contributed by atoms with Crippen molar-refractivity contribution in [3.05, 3.63) is 138 Å². The van der Waals surface area contributed by atoms with Crippen LogP contribution in [0.4, 0.5) is 0 Å². The van der Waals surface area contributed by atoms with Crippen LogP contribution in [0.3, 0.4) is 0 Å². The zero-order chi connectivity index (χ0) is 31.2. The lowest BCUT2D eigenvalue weighted by Crippen LogP contribution is -2.40. The molecule has 0 bridgehead atoms. The minimum absolute atomic E-state index is 0.249. The van der Waals surface area contributed by atoms with Crippen LogP contribution >= 0.6 is 22.9 Å². The van der Waals surface area contributed by atoms with Crippen molar-refractivity contribution in [2.75, 3.05) is 13.7 Å². The maximum absolute atomic E-state index is 14.1. The lowest BCUT2D eigenvalue weighted by Gasteiger charge is -2.25. The molecule has 1 aliphatic heterocycles. The van der Waals surface area contributed by atoms with Gasteiger partial charge < -0.3 is 14.2 Å². The number of allylic oxidation sites excluding steroid dienone is 2. The largest absolute Gasteiger partial charge is 0.490 e. The standard InChI is InChI=1S/C35H33ClN2O5S/c1-5-13-24-18-22(19-28(42-7-3)32(24)43-21-25-16-11-12-17-26(25)36)20-29-33(39)38-31(23-14-9-8-10-15-23)30(34(40)41-4)27(6-2)37-35(38)44-29/h5,8-12,14-20,31H,1,6-7,13,21H2,2-4H3/b29-20-/t31-/m0/s1. The van der Waals surface area contributed by atoms with E-state index in [1.165, 1.54) is 18.4 Å². The van der Waals surface area contributed by atoms with Crippen molar-refractivity contribution in [2.24, 2.45) is 4.99 Å². The predicted molar refractivity (Wildman–Crippen MR) is 174 cm³/mol. The molecule has 0 aliphatic carbocycles. The van der Waals surface area contributed by atoms with Crippen molar-refractivity contribution in [3.63, 3.8) is 0 Å². The maximum Gasteiger partial charge on any atom is 0.338 e. The van der Waals surface area contributed by atoms with Gasteiger partial charge in [-0.25, -0.2) is 9.79 Å². The second-order valence-corrected chi connectivity index (χ2v) is 11.4. The first-order valence-electron chi connectivity index (χ1n) is 14.3. The lowest BCUT2D eigenvalue weighted by atomic mass is 9.95. The van der Waals surface area contributed by atoms with Crippen LogP contribution in [0.2, 0.25) is 5.02 Å². The Hall–Kier alpha value is -4.40. The summed E-state index contributed by atoms with van der Waals surface area (Å²) >= 11 is 7.65. The van der Waals surface area contributed by atoms with Crippen molar-refractivity contribution in [3.8, 4) is 11.5 Å². The smallest absolute Gasteiger partial charge is 0.338 e. The second kappa shape index (κ2) is 13.9. The number of carbonyl (C=O) groups is 1. The van der Waals surface area contributed by atoms with Gasteiger partial charge in [-0.2, -0.15) is 0 Å². The highest BCUT2D eigenvalue weighted by Gasteiger charge is 2.33. The number of ether oxygens (including phenoxy) is 3. The van der Waals surface area contributed by atoms with E-state index in [1.54, 1.807) is 10.6 Å². The van der Waals surface area contributed by atoms with E-state index in [2.05, 4.69) is 6.58 Å². The van der Waals surface area contributed by atoms with Crippen LogP contribution in [0.1, 0.15) is 48.6 Å². The Labute approximate surface area is 265 Å². The number of hydrogen-bond acceptors (Lipinski definition) is 7. The van der Waals surface area contributed by atoms with Gasteiger partial charge >= 0.3 is 5.97 Å². The summed E-state index contributed by atoms with van der Waals surface area (Å²) in [6.45, 7) is 8.46. The van der Waals surface area contributed by atoms with Gasteiger partial charge in [-0.3, -0.25) is 9.36 Å². The molecule has 5 rings (SSSR count). The molecule has 0 spiro atoms. The molecule has 226 valence electrons. The molecule has 3 aromatic carbocycles. The second-order valence-electron chi connectivity index (χ2n) is 10.0. The molecule has 0 N–H and O–H groups in total. The Kier molecular flexibility index (Phi) is 9.82. The molecule has 2 heterocycles. The number of carbonyl (C=O) groups excluding carboxylic acids is 1. The number of methoxy groups -OCH3 is 1. The van der Waals surface area contributed by atoms with Gasteiger partial charge in [0.15, 0.2) is 16.3 Å². The van der Waals surface area contributed by atoms with Crippen molar-refractivity contribution < 1.29 is 19.0 Å². The highest BCUT2D eigenvalue weighted by atomic mass is 35.5. The van der Waals surface area contributed by atoms with E-state index in [1.807, 2.05) is 86.7 Å². The summed E-state index contributed by atoms with van der Waals surface area (Å²) in [5, 5.41) is 0.623. The topological polar surface area (TPSA) is 79.1 Å². The van der Waals surface area contributed by atoms with Gasteiger partial charge in [-0.05, 0) is 55.2 Å². The molecule has 0 unspecified atom stereocenters. The van der Waals surface area contributed by atoms with E-state index in [9.17, 15) is 9.59 Å². The van der Waals surface area contributed by atoms with E-state index >= 15 is 0 Å². The van der Waals surface area contributed by atoms with E-state index in [4.69, 9.17) is 30.8 Å². The molecule has 0 fully saturated rings. The van der Waals surface area contributed by atoms with Crippen LogP contribution in [-0.2, 0) is 22.6 Å². The monoisotopic (exact) mass is 628 g/mol. The SMILES string of the molecule is C=CCc1cc(/C=c2\sc3n(c2=O)[C@@H](c2ccccc2)C(C(=O)OC)=C(CC)N=3)cc(OCC)c1OCc1ccccc1Cl. The first-order chi connectivity index (χ1) is 21.4. The van der Waals surface area contributed by atoms with Crippen LogP contribution in [0.25, 0.3) is 6.08 Å². The van der Waals surface area contributed by atoms with Crippen molar-refractivity contribution in [2.45, 2.75) is 39.3 Å². The van der Waals surface area contributed by atoms with Crippen LogP contribution in [0.5, 0.6) is 11.5 Å². The van der Waals surface area contributed by atoms with Gasteiger partial charge in [0, 0.05) is 16.1 Å². The number of nitrogens with zero attached hydrogens (tertiary/aromatic N) is 2. The number of benzene rings is 3. The van der Waals surface area contributed by atoms with E-state index in [0.717, 1.165) is 22.3 Å². The fraction of sp³-hybridized carbons (Fsp3) is 0.229. The van der Waals surface area contributed by atoms with Gasteiger partial charge in [0.1, 0.15) is 6.61 Å². The number of thiazole rings is 1. The molecular formula is C35H33ClN2O5S. The molecule has 0 saturated heterocycles. The summed E-state index contributed by atoms with van der Waals surface area (Å²) in [4.78, 5) is 32.4. The third-order valence-electron chi connectivity index (χ3n) is 7.21. The van der Waals surface area contributed by atoms with Crippen LogP contribution < -0.4 is 24.4 Å². The van der Waals surface area contributed by atoms with Gasteiger partial charge in [-0.1, -0.05) is 84.5 Å². The van der Waals surface area contributed by atoms with Gasteiger partial charge in [0.2, 0.25) is 0 Å². The molecule has 7 nitrogen and oxygen atoms in total. The van der Waals surface area contributed by atoms with E-state index in [-0.39, 0.29) is 12.2 Å². The quantitative estimate of drug-likeness (QED) is 0.147. The zero-order valence-electron chi connectivity index (χ0n) is 24.8. The average molecular weight is 629 g/mol. The molecule has 1 aromatic heterocycles. The normalized spacial score (nSPS) is 14.5. The highest BCUT2D eigenvalue weighted by molar-refractivity contribution is 7.07. The van der Waals surface area contributed by atoms with Crippen molar-refractivity contribution >= 4 is 35.0 Å². The molecule has 0 amide bonds. The fourth-order valence-electron chi connectivity index (χ4n) is 5.23. The Balaban J connectivity index is 1.64. The highest BCUT2D eigenvalue weighted by Crippen LogP contribution is 2.36. The van der Waals surface area contributed by atoms with Crippen LogP contribution in [0.15, 0.2) is 100 Å². The first-order valence-corrected chi connectivity index (χ1v) is 15.5. The molecule has 1 aliphatic rings. The molecule has 1 atom stereocenters. The molecular weight excluding hydrogens is 596 g/mol. The number of hydrogen-bond donors (Lipinski definition) is 0. The third-order valence-corrected chi connectivity index (χ3v) is 8.56. The maximum atomic E-state index is 14.1. The number of aromatic nitrogens is 1. The molecule has 9 heteroatoms. The number of rotatable bonds is 11. The number of esters is 1. The van der Waals surface area contributed by atoms with Crippen molar-refractivity contribution in [1.82, 2.24) is 4.57 Å². The first kappa shape index (κ1) is 31.0.